The third-order valence-corrected chi connectivity index (χ3v) is 14.3. The molecule has 0 radical (unpaired) electrons. The van der Waals surface area contributed by atoms with Crippen LogP contribution in [-0.2, 0) is 29.1 Å². The van der Waals surface area contributed by atoms with E-state index >= 15 is 0 Å². The number of nitrogens with zero attached hydrogens (tertiary/aromatic N) is 3. The fraction of sp³-hybridized carbons (Fsp3) is 0.634. The molecule has 7 atom stereocenters. The van der Waals surface area contributed by atoms with Crippen LogP contribution < -0.4 is 29.7 Å². The van der Waals surface area contributed by atoms with Crippen LogP contribution in [0.4, 0.5) is 23.7 Å². The summed E-state index contributed by atoms with van der Waals surface area (Å²) in [6.45, 7) is 6.13. The molecule has 2 aliphatic carbocycles. The average Bonchev–Trinajstić information content (AvgIpc) is 4.11. The summed E-state index contributed by atoms with van der Waals surface area (Å²) >= 11 is 0. The van der Waals surface area contributed by atoms with Crippen LogP contribution in [0.25, 0.3) is 10.8 Å². The third kappa shape index (κ3) is 8.68. The van der Waals surface area contributed by atoms with Crippen LogP contribution in [0.5, 0.6) is 11.6 Å². The van der Waals surface area contributed by atoms with Crippen molar-refractivity contribution < 1.29 is 55.0 Å². The second-order valence-corrected chi connectivity index (χ2v) is 19.3. The molecule has 0 spiro atoms. The van der Waals surface area contributed by atoms with Crippen LogP contribution in [0.3, 0.4) is 0 Å². The molecule has 19 heteroatoms. The smallest absolute Gasteiger partial charge is 0.427 e. The van der Waals surface area contributed by atoms with E-state index in [1.807, 2.05) is 32.2 Å². The van der Waals surface area contributed by atoms with Gasteiger partial charge in [-0.25, -0.2) is 18.2 Å². The number of carbonyl (C=O) groups excluding carboxylic acids is 4. The Kier molecular flexibility index (Phi) is 11.7. The van der Waals surface area contributed by atoms with E-state index in [0.717, 1.165) is 11.1 Å². The maximum absolute atomic E-state index is 15.0. The van der Waals surface area contributed by atoms with Gasteiger partial charge in [-0.15, -0.1) is 0 Å². The van der Waals surface area contributed by atoms with Gasteiger partial charge in [-0.1, -0.05) is 32.4 Å². The Hall–Kier alpha value is -4.81. The number of benzene rings is 1. The van der Waals surface area contributed by atoms with Crippen molar-refractivity contribution in [2.45, 2.75) is 120 Å². The fourth-order valence-corrected chi connectivity index (χ4v) is 9.82. The molecule has 4 heterocycles. The number of alkyl halides is 3. The summed E-state index contributed by atoms with van der Waals surface area (Å²) in [5, 5.41) is 5.90. The largest absolute Gasteiger partial charge is 0.489 e. The molecule has 5 aliphatic rings. The van der Waals surface area contributed by atoms with E-state index < -0.39 is 86.4 Å². The molecule has 7 rings (SSSR count). The first-order valence-electron chi connectivity index (χ1n) is 20.6. The van der Waals surface area contributed by atoms with Gasteiger partial charge in [-0.05, 0) is 82.4 Å². The van der Waals surface area contributed by atoms with Gasteiger partial charge in [0.2, 0.25) is 33.3 Å². The van der Waals surface area contributed by atoms with Crippen LogP contribution >= 0.6 is 0 Å². The Balaban J connectivity index is 1.24. The number of sulfonamides is 1. The first kappa shape index (κ1) is 43.3. The quantitative estimate of drug-likeness (QED) is 0.312. The molecule has 15 nitrogen and oxygen atoms in total. The molecular weight excluding hydrogens is 810 g/mol. The van der Waals surface area contributed by atoms with Gasteiger partial charge in [-0.3, -0.25) is 19.1 Å². The lowest BCUT2D eigenvalue weighted by Crippen LogP contribution is -2.59. The number of pyridine rings is 1. The van der Waals surface area contributed by atoms with Crippen molar-refractivity contribution in [2.24, 2.45) is 17.8 Å². The monoisotopic (exact) mass is 862 g/mol. The van der Waals surface area contributed by atoms with Crippen molar-refractivity contribution in [2.75, 3.05) is 31.6 Å². The van der Waals surface area contributed by atoms with E-state index in [1.165, 1.54) is 4.90 Å². The number of alkyl carbamates (subject to hydrolysis) is 1. The minimum atomic E-state index is -4.91. The molecule has 328 valence electrons. The summed E-state index contributed by atoms with van der Waals surface area (Å²) in [4.78, 5) is 64.4. The molecule has 3 fully saturated rings. The van der Waals surface area contributed by atoms with Gasteiger partial charge >= 0.3 is 12.3 Å². The number of hydrogen-bond acceptors (Lipinski definition) is 11. The van der Waals surface area contributed by atoms with E-state index in [-0.39, 0.29) is 31.2 Å². The van der Waals surface area contributed by atoms with Gasteiger partial charge in [0.1, 0.15) is 30.3 Å². The summed E-state index contributed by atoms with van der Waals surface area (Å²) in [6, 6.07) is 2.79. The zero-order chi connectivity index (χ0) is 43.4. The zero-order valence-electron chi connectivity index (χ0n) is 34.3. The van der Waals surface area contributed by atoms with Crippen molar-refractivity contribution in [3.05, 3.63) is 36.5 Å². The lowest BCUT2D eigenvalue weighted by molar-refractivity contribution is -0.244. The molecule has 1 aromatic carbocycles. The fourth-order valence-electron chi connectivity index (χ4n) is 8.46. The number of allylic oxidation sites excluding steroid dienone is 1. The summed E-state index contributed by atoms with van der Waals surface area (Å²) in [6.07, 6.45) is 0.730. The molecule has 1 saturated heterocycles. The number of aromatic nitrogens is 1. The molecule has 1 unspecified atom stereocenters. The molecular formula is C41H53F3N6O9S. The number of carbonyl (C=O) groups is 4. The van der Waals surface area contributed by atoms with E-state index in [1.54, 1.807) is 25.3 Å². The maximum atomic E-state index is 15.0. The lowest BCUT2D eigenvalue weighted by atomic mass is 9.85. The minimum Gasteiger partial charge on any atom is -0.489 e. The van der Waals surface area contributed by atoms with Gasteiger partial charge < -0.3 is 34.6 Å². The SMILES string of the molecule is CC[C@@H]1C[C@@H](C)CC/C=C\C2C[C@@]2(C(=O)NS(=O)(=O)C2CC2)NC(=O)[C@@H]2C[C@@H](Oc3nccc4c5c(ccc34)N(C)CCO5)CN2C(=O)[C@H]1NC(=O)OC(C)(C)C(F)(F)F. The summed E-state index contributed by atoms with van der Waals surface area (Å²) in [5.41, 5.74) is -3.63. The Morgan fingerprint density at radius 2 is 1.85 bits per heavy atom. The molecule has 4 amide bonds. The van der Waals surface area contributed by atoms with Gasteiger partial charge in [0.15, 0.2) is 5.75 Å². The topological polar surface area (TPSA) is 186 Å². The normalized spacial score (nSPS) is 29.4. The number of nitrogens with one attached hydrogen (secondary N) is 3. The molecule has 2 aromatic rings. The van der Waals surface area contributed by atoms with Gasteiger partial charge in [0, 0.05) is 36.4 Å². The number of likely N-dealkylation sites (N-methyl/N-ethyl adjacent to an activating group) is 1. The Morgan fingerprint density at radius 1 is 1.10 bits per heavy atom. The first-order chi connectivity index (χ1) is 28.2. The van der Waals surface area contributed by atoms with Crippen molar-refractivity contribution in [3.8, 4) is 11.6 Å². The number of rotatable bonds is 8. The molecule has 0 bridgehead atoms. The second kappa shape index (κ2) is 16.2. The number of halogens is 3. The van der Waals surface area contributed by atoms with Crippen molar-refractivity contribution in [1.29, 1.82) is 0 Å². The maximum Gasteiger partial charge on any atom is 0.427 e. The third-order valence-electron chi connectivity index (χ3n) is 12.5. The standard InChI is InChI=1S/C41H53F3N6O9S/c1-6-24-19-23(2)9-7-8-10-25-21-40(25,37(53)48-60(55,56)27-11-12-27)47-34(51)31-20-26(22-50(31)36(52)32(24)46-38(54)59-39(3,4)41(42,43)44)58-35-29-13-14-30-33(28(29)15-16-45-35)57-18-17-49(30)5/h8,10,13-16,23-27,31-32H,6-7,9,11-12,17-22H2,1-5H3,(H,46,54)(H,47,51)(H,48,53)/b10-8-/t23-,24+,25?,26+,31-,32-,40+/m0/s1. The average molecular weight is 863 g/mol. The predicted molar refractivity (Wildman–Crippen MR) is 214 cm³/mol. The number of amides is 4. The number of anilines is 1. The highest BCUT2D eigenvalue weighted by Gasteiger charge is 2.62. The van der Waals surface area contributed by atoms with E-state index in [4.69, 9.17) is 14.2 Å². The van der Waals surface area contributed by atoms with Crippen LogP contribution in [0.15, 0.2) is 36.5 Å². The Morgan fingerprint density at radius 3 is 2.55 bits per heavy atom. The Labute approximate surface area is 347 Å². The van der Waals surface area contributed by atoms with Crippen LogP contribution in [0.2, 0.25) is 0 Å². The lowest BCUT2D eigenvalue weighted by Gasteiger charge is -2.35. The predicted octanol–water partition coefficient (Wildman–Crippen LogP) is 4.73. The number of ether oxygens (including phenoxy) is 3. The molecule has 60 heavy (non-hydrogen) atoms. The van der Waals surface area contributed by atoms with Crippen molar-refractivity contribution in [3.63, 3.8) is 0 Å². The molecule has 1 aromatic heterocycles. The second-order valence-electron chi connectivity index (χ2n) is 17.4. The summed E-state index contributed by atoms with van der Waals surface area (Å²) in [7, 11) is -2.03. The molecule has 3 aliphatic heterocycles. The minimum absolute atomic E-state index is 0.0300. The highest BCUT2D eigenvalue weighted by atomic mass is 32.2. The Bertz CT molecular complexity index is 2170. The molecule has 3 N–H and O–H groups in total. The highest BCUT2D eigenvalue weighted by molar-refractivity contribution is 7.91. The highest BCUT2D eigenvalue weighted by Crippen LogP contribution is 2.47. The van der Waals surface area contributed by atoms with Crippen LogP contribution in [0, 0.1) is 17.8 Å². The van der Waals surface area contributed by atoms with Crippen molar-refractivity contribution >= 4 is 50.3 Å². The van der Waals surface area contributed by atoms with E-state index in [9.17, 15) is 40.8 Å². The van der Waals surface area contributed by atoms with Crippen molar-refractivity contribution in [1.82, 2.24) is 25.2 Å². The first-order valence-corrected chi connectivity index (χ1v) is 22.1. The van der Waals surface area contributed by atoms with Gasteiger partial charge in [0.25, 0.3) is 5.91 Å². The van der Waals surface area contributed by atoms with Gasteiger partial charge in [-0.2, -0.15) is 13.2 Å². The van der Waals surface area contributed by atoms with Crippen LogP contribution in [0.1, 0.15) is 79.1 Å². The van der Waals surface area contributed by atoms with E-state index in [0.29, 0.717) is 76.7 Å². The summed E-state index contributed by atoms with van der Waals surface area (Å²) in [5.74, 6) is -2.70. The van der Waals surface area contributed by atoms with Crippen LogP contribution in [-0.4, -0.2) is 110 Å². The number of fused-ring (bicyclic) bond motifs is 5. The summed E-state index contributed by atoms with van der Waals surface area (Å²) < 4.78 is 86.9. The van der Waals surface area contributed by atoms with E-state index in [2.05, 4.69) is 25.2 Å². The zero-order valence-corrected chi connectivity index (χ0v) is 35.2. The number of hydrogen-bond donors (Lipinski definition) is 3. The molecule has 2 saturated carbocycles. The van der Waals surface area contributed by atoms with Gasteiger partial charge in [0.05, 0.1) is 24.0 Å².